The van der Waals surface area contributed by atoms with E-state index in [4.69, 9.17) is 0 Å². The third kappa shape index (κ3) is 2.37. The summed E-state index contributed by atoms with van der Waals surface area (Å²) in [7, 11) is 2.80. The molecule has 0 bridgehead atoms. The second-order valence-corrected chi connectivity index (χ2v) is 4.52. The summed E-state index contributed by atoms with van der Waals surface area (Å²) in [6.07, 6.45) is 4.56. The molecule has 0 radical (unpaired) electrons. The third-order valence-corrected chi connectivity index (χ3v) is 3.38. The Morgan fingerprint density at radius 1 is 1.17 bits per heavy atom. The lowest BCUT2D eigenvalue weighted by Gasteiger charge is -2.20. The van der Waals surface area contributed by atoms with Gasteiger partial charge in [-0.2, -0.15) is 0 Å². The zero-order valence-corrected chi connectivity index (χ0v) is 10.7. The van der Waals surface area contributed by atoms with Crippen molar-refractivity contribution in [1.29, 1.82) is 0 Å². The first-order chi connectivity index (χ1) is 8.63. The van der Waals surface area contributed by atoms with Crippen molar-refractivity contribution in [2.75, 3.05) is 19.1 Å². The van der Waals surface area contributed by atoms with E-state index in [2.05, 4.69) is 4.74 Å². The quantitative estimate of drug-likeness (QED) is 0.560. The molecule has 0 fully saturated rings. The van der Waals surface area contributed by atoms with Crippen LogP contribution in [0.5, 0.6) is 0 Å². The number of fused-ring (bicyclic) bond motifs is 1. The minimum atomic E-state index is -0.838. The number of hydrogen-bond acceptors (Lipinski definition) is 3. The number of methoxy groups -OCH3 is 1. The van der Waals surface area contributed by atoms with Crippen molar-refractivity contribution in [3.8, 4) is 0 Å². The normalized spacial score (nSPS) is 13.7. The van der Waals surface area contributed by atoms with Crippen LogP contribution in [0.1, 0.15) is 24.0 Å². The number of anilines is 1. The topological polar surface area (TPSA) is 46.6 Å². The molecule has 1 aliphatic carbocycles. The molecule has 1 aromatic carbocycles. The summed E-state index contributed by atoms with van der Waals surface area (Å²) in [4.78, 5) is 24.2. The Morgan fingerprint density at radius 2 is 1.83 bits per heavy atom. The molecule has 0 heterocycles. The van der Waals surface area contributed by atoms with Crippen LogP contribution in [0, 0.1) is 0 Å². The van der Waals surface area contributed by atoms with Crippen LogP contribution in [0.3, 0.4) is 0 Å². The number of hydrogen-bond donors (Lipinski definition) is 0. The first-order valence-corrected chi connectivity index (χ1v) is 6.11. The molecule has 0 aliphatic heterocycles. The molecule has 18 heavy (non-hydrogen) atoms. The highest BCUT2D eigenvalue weighted by Gasteiger charge is 2.21. The van der Waals surface area contributed by atoms with E-state index in [0.717, 1.165) is 18.5 Å². The number of carbonyl (C=O) groups excluding carboxylic acids is 2. The van der Waals surface area contributed by atoms with Crippen LogP contribution >= 0.6 is 0 Å². The van der Waals surface area contributed by atoms with E-state index < -0.39 is 11.9 Å². The largest absolute Gasteiger partial charge is 0.462 e. The average molecular weight is 247 g/mol. The second kappa shape index (κ2) is 5.21. The Kier molecular flexibility index (Phi) is 3.65. The van der Waals surface area contributed by atoms with Crippen molar-refractivity contribution < 1.29 is 14.3 Å². The van der Waals surface area contributed by atoms with Crippen molar-refractivity contribution in [2.45, 2.75) is 25.7 Å². The number of aryl methyl sites for hydroxylation is 2. The number of benzene rings is 1. The molecule has 1 aliphatic rings. The van der Waals surface area contributed by atoms with Gasteiger partial charge in [0.15, 0.2) is 0 Å². The minimum absolute atomic E-state index is 0.645. The van der Waals surface area contributed by atoms with Crippen molar-refractivity contribution >= 4 is 17.6 Å². The molecule has 1 aromatic rings. The van der Waals surface area contributed by atoms with Gasteiger partial charge in [-0.15, -0.1) is 0 Å². The smallest absolute Gasteiger partial charge is 0.397 e. The zero-order valence-electron chi connectivity index (χ0n) is 10.7. The van der Waals surface area contributed by atoms with Gasteiger partial charge in [0.2, 0.25) is 0 Å². The molecule has 0 unspecified atom stereocenters. The Labute approximate surface area is 107 Å². The van der Waals surface area contributed by atoms with Crippen LogP contribution in [0.4, 0.5) is 5.69 Å². The Hall–Kier alpha value is -1.84. The first kappa shape index (κ1) is 12.6. The molecule has 4 nitrogen and oxygen atoms in total. The monoisotopic (exact) mass is 247 g/mol. The lowest BCUT2D eigenvalue weighted by molar-refractivity contribution is -0.151. The average Bonchev–Trinajstić information content (AvgIpc) is 2.44. The summed E-state index contributed by atoms with van der Waals surface area (Å²) < 4.78 is 4.44. The minimum Gasteiger partial charge on any atom is -0.462 e. The van der Waals surface area contributed by atoms with Gasteiger partial charge in [-0.25, -0.2) is 4.79 Å². The second-order valence-electron chi connectivity index (χ2n) is 4.52. The van der Waals surface area contributed by atoms with Crippen LogP contribution in [-0.4, -0.2) is 26.0 Å². The number of esters is 1. The molecular weight excluding hydrogens is 230 g/mol. The fourth-order valence-corrected chi connectivity index (χ4v) is 2.27. The predicted octanol–water partition coefficient (Wildman–Crippen LogP) is 1.70. The van der Waals surface area contributed by atoms with Crippen LogP contribution in [0.15, 0.2) is 18.2 Å². The molecule has 0 N–H and O–H groups in total. The number of ether oxygens (including phenoxy) is 1. The van der Waals surface area contributed by atoms with E-state index in [1.165, 1.54) is 36.0 Å². The lowest BCUT2D eigenvalue weighted by Crippen LogP contribution is -2.34. The Bertz CT molecular complexity index is 482. The first-order valence-electron chi connectivity index (χ1n) is 6.11. The molecule has 1 amide bonds. The van der Waals surface area contributed by atoms with Gasteiger partial charge in [0.25, 0.3) is 0 Å². The highest BCUT2D eigenvalue weighted by atomic mass is 16.5. The van der Waals surface area contributed by atoms with Crippen molar-refractivity contribution in [3.05, 3.63) is 29.3 Å². The highest BCUT2D eigenvalue weighted by molar-refractivity contribution is 6.37. The van der Waals surface area contributed by atoms with Gasteiger partial charge in [0.1, 0.15) is 0 Å². The number of nitrogens with zero attached hydrogens (tertiary/aromatic N) is 1. The Balaban J connectivity index is 2.23. The number of amides is 1. The van der Waals surface area contributed by atoms with E-state index in [1.54, 1.807) is 7.05 Å². The van der Waals surface area contributed by atoms with E-state index in [-0.39, 0.29) is 0 Å². The van der Waals surface area contributed by atoms with Gasteiger partial charge in [-0.05, 0) is 48.9 Å². The maximum absolute atomic E-state index is 11.7. The van der Waals surface area contributed by atoms with Crippen LogP contribution in [0.2, 0.25) is 0 Å². The van der Waals surface area contributed by atoms with Crippen molar-refractivity contribution in [2.24, 2.45) is 0 Å². The van der Waals surface area contributed by atoms with Crippen LogP contribution < -0.4 is 4.90 Å². The maximum Gasteiger partial charge on any atom is 0.397 e. The molecule has 0 aromatic heterocycles. The molecule has 0 atom stereocenters. The van der Waals surface area contributed by atoms with Crippen LogP contribution in [0.25, 0.3) is 0 Å². The third-order valence-electron chi connectivity index (χ3n) is 3.38. The van der Waals surface area contributed by atoms with Gasteiger partial charge in [0, 0.05) is 12.7 Å². The summed E-state index contributed by atoms with van der Waals surface area (Å²) in [6.45, 7) is 0. The summed E-state index contributed by atoms with van der Waals surface area (Å²) >= 11 is 0. The summed E-state index contributed by atoms with van der Waals surface area (Å²) in [5, 5.41) is 0. The SMILES string of the molecule is COC(=O)C(=O)N(C)c1ccc2c(c1)CCCC2. The maximum atomic E-state index is 11.7. The van der Waals surface area contributed by atoms with Gasteiger partial charge >= 0.3 is 11.9 Å². The number of rotatable bonds is 1. The summed E-state index contributed by atoms with van der Waals surface area (Å²) in [6, 6.07) is 5.92. The highest BCUT2D eigenvalue weighted by Crippen LogP contribution is 2.25. The molecule has 0 spiro atoms. The summed E-state index contributed by atoms with van der Waals surface area (Å²) in [5.41, 5.74) is 3.37. The fourth-order valence-electron chi connectivity index (χ4n) is 2.27. The zero-order chi connectivity index (χ0) is 13.1. The molecule has 96 valence electrons. The molecule has 2 rings (SSSR count). The molecular formula is C14H17NO3. The van der Waals surface area contributed by atoms with Gasteiger partial charge in [-0.1, -0.05) is 6.07 Å². The van der Waals surface area contributed by atoms with Gasteiger partial charge in [-0.3, -0.25) is 4.79 Å². The standard InChI is InChI=1S/C14H17NO3/c1-15(13(16)14(17)18-2)12-8-7-10-5-3-4-6-11(10)9-12/h7-9H,3-6H2,1-2H3. The van der Waals surface area contributed by atoms with Crippen LogP contribution in [-0.2, 0) is 27.2 Å². The van der Waals surface area contributed by atoms with E-state index in [1.807, 2.05) is 18.2 Å². The fraction of sp³-hybridized carbons (Fsp3) is 0.429. The molecule has 0 saturated heterocycles. The molecule has 4 heteroatoms. The van der Waals surface area contributed by atoms with Crippen molar-refractivity contribution in [1.82, 2.24) is 0 Å². The lowest BCUT2D eigenvalue weighted by atomic mass is 9.91. The number of carbonyl (C=O) groups is 2. The predicted molar refractivity (Wildman–Crippen MR) is 68.5 cm³/mol. The number of likely N-dealkylation sites (N-methyl/N-ethyl adjacent to an activating group) is 1. The summed E-state index contributed by atoms with van der Waals surface area (Å²) in [5.74, 6) is -1.48. The van der Waals surface area contributed by atoms with Crippen molar-refractivity contribution in [3.63, 3.8) is 0 Å². The van der Waals surface area contributed by atoms with Gasteiger partial charge < -0.3 is 9.64 Å². The van der Waals surface area contributed by atoms with E-state index in [9.17, 15) is 9.59 Å². The van der Waals surface area contributed by atoms with E-state index >= 15 is 0 Å². The molecule has 0 saturated carbocycles. The van der Waals surface area contributed by atoms with Gasteiger partial charge in [0.05, 0.1) is 7.11 Å². The van der Waals surface area contributed by atoms with E-state index in [0.29, 0.717) is 0 Å². The Morgan fingerprint density at radius 3 is 2.50 bits per heavy atom.